The molecule has 0 aromatic heterocycles. The summed E-state index contributed by atoms with van der Waals surface area (Å²) in [5.74, 6) is -0.930. The van der Waals surface area contributed by atoms with Gasteiger partial charge in [-0.15, -0.1) is 0 Å². The highest BCUT2D eigenvalue weighted by Crippen LogP contribution is 2.14. The van der Waals surface area contributed by atoms with E-state index in [1.54, 1.807) is 0 Å². The van der Waals surface area contributed by atoms with E-state index in [1.807, 2.05) is 0 Å². The number of unbranched alkanes of at least 4 members (excludes halogenated alkanes) is 22. The highest BCUT2D eigenvalue weighted by molar-refractivity contribution is 5.71. The van der Waals surface area contributed by atoms with Crippen molar-refractivity contribution >= 4 is 17.9 Å². The standard InChI is InChI=1S/C61H102O6/c1-4-7-10-13-16-19-22-25-28-29-30-31-34-37-40-43-46-49-52-55-61(64)67-58(56-65-59(62)53-50-47-44-41-38-35-32-26-23-20-17-14-11-8-5-2)57-66-60(63)54-51-48-45-42-39-36-33-27-24-21-18-15-12-9-6-3/h8-9,11-12,16-21,25-28,32-33,58H,4-7,10,13-15,22-24,29-31,34-57H2,1-3H3/b11-8-,12-9-,19-16-,20-17-,21-18-,28-25-,32-26-,33-27-. The molecule has 0 N–H and O–H groups in total. The summed E-state index contributed by atoms with van der Waals surface area (Å²) < 4.78 is 16.8. The van der Waals surface area contributed by atoms with Crippen LogP contribution in [0.1, 0.15) is 252 Å². The van der Waals surface area contributed by atoms with E-state index in [0.717, 1.165) is 141 Å². The monoisotopic (exact) mass is 931 g/mol. The first-order valence-electron chi connectivity index (χ1n) is 27.7. The van der Waals surface area contributed by atoms with Crippen LogP contribution in [0.5, 0.6) is 0 Å². The molecule has 0 aliphatic heterocycles. The van der Waals surface area contributed by atoms with Crippen molar-refractivity contribution in [3.05, 3.63) is 97.2 Å². The Kier molecular flexibility index (Phi) is 51.9. The molecule has 382 valence electrons. The van der Waals surface area contributed by atoms with Crippen LogP contribution >= 0.6 is 0 Å². The number of rotatable bonds is 49. The van der Waals surface area contributed by atoms with Crippen molar-refractivity contribution in [1.29, 1.82) is 0 Å². The Labute approximate surface area is 413 Å². The molecule has 0 heterocycles. The van der Waals surface area contributed by atoms with E-state index in [2.05, 4.69) is 118 Å². The zero-order valence-electron chi connectivity index (χ0n) is 43.6. The second kappa shape index (κ2) is 54.9. The Bertz CT molecular complexity index is 1280. The molecular weight excluding hydrogens is 829 g/mol. The van der Waals surface area contributed by atoms with Gasteiger partial charge in [-0.1, -0.05) is 214 Å². The fraction of sp³-hybridized carbons (Fsp3) is 0.689. The quantitative estimate of drug-likeness (QED) is 0.0262. The number of hydrogen-bond donors (Lipinski definition) is 0. The summed E-state index contributed by atoms with van der Waals surface area (Å²) in [6.45, 7) is 6.36. The smallest absolute Gasteiger partial charge is 0.306 e. The second-order valence-electron chi connectivity index (χ2n) is 18.1. The van der Waals surface area contributed by atoms with E-state index >= 15 is 0 Å². The maximum Gasteiger partial charge on any atom is 0.306 e. The Morgan fingerprint density at radius 3 is 0.910 bits per heavy atom. The average Bonchev–Trinajstić information content (AvgIpc) is 3.33. The van der Waals surface area contributed by atoms with Gasteiger partial charge in [-0.05, 0) is 116 Å². The van der Waals surface area contributed by atoms with Gasteiger partial charge in [0.15, 0.2) is 6.10 Å². The van der Waals surface area contributed by atoms with E-state index in [0.29, 0.717) is 19.3 Å². The number of allylic oxidation sites excluding steroid dienone is 16. The van der Waals surface area contributed by atoms with Crippen LogP contribution in [0.4, 0.5) is 0 Å². The fourth-order valence-electron chi connectivity index (χ4n) is 7.44. The summed E-state index contributed by atoms with van der Waals surface area (Å²) in [6, 6.07) is 0. The van der Waals surface area contributed by atoms with Crippen molar-refractivity contribution < 1.29 is 28.6 Å². The lowest BCUT2D eigenvalue weighted by molar-refractivity contribution is -0.167. The molecule has 67 heavy (non-hydrogen) atoms. The van der Waals surface area contributed by atoms with E-state index < -0.39 is 6.10 Å². The molecule has 0 aliphatic carbocycles. The molecule has 0 aromatic rings. The van der Waals surface area contributed by atoms with Gasteiger partial charge >= 0.3 is 17.9 Å². The first kappa shape index (κ1) is 63.3. The number of carbonyl (C=O) groups is 3. The van der Waals surface area contributed by atoms with Crippen molar-refractivity contribution in [3.8, 4) is 0 Å². The lowest BCUT2D eigenvalue weighted by atomic mass is 10.1. The minimum atomic E-state index is -0.795. The van der Waals surface area contributed by atoms with Crippen LogP contribution < -0.4 is 0 Å². The third kappa shape index (κ3) is 53.2. The van der Waals surface area contributed by atoms with Crippen molar-refractivity contribution in [2.75, 3.05) is 13.2 Å². The van der Waals surface area contributed by atoms with E-state index in [-0.39, 0.29) is 31.1 Å². The molecule has 0 saturated heterocycles. The van der Waals surface area contributed by atoms with Gasteiger partial charge in [0.25, 0.3) is 0 Å². The van der Waals surface area contributed by atoms with Gasteiger partial charge in [0.1, 0.15) is 13.2 Å². The molecule has 0 saturated carbocycles. The maximum absolute atomic E-state index is 12.9. The SMILES string of the molecule is CC/C=C\C/C=C\C/C=C\CCCCCCCC(=O)OCC(COC(=O)CCCCCCC/C=C\C/C=C\C/C=C\CC)OC(=O)CCCCCCCCCCC/C=C\C/C=C\CCCCC. The Balaban J connectivity index is 4.44. The minimum Gasteiger partial charge on any atom is -0.462 e. The molecule has 0 aromatic carbocycles. The maximum atomic E-state index is 12.9. The predicted octanol–water partition coefficient (Wildman–Crippen LogP) is 18.5. The van der Waals surface area contributed by atoms with Crippen LogP contribution in [0.2, 0.25) is 0 Å². The van der Waals surface area contributed by atoms with Crippen molar-refractivity contribution in [1.82, 2.24) is 0 Å². The molecule has 0 unspecified atom stereocenters. The molecule has 0 atom stereocenters. The average molecular weight is 931 g/mol. The normalized spacial score (nSPS) is 12.4. The number of ether oxygens (including phenoxy) is 3. The lowest BCUT2D eigenvalue weighted by Gasteiger charge is -2.18. The van der Waals surface area contributed by atoms with Crippen LogP contribution in [-0.2, 0) is 28.6 Å². The number of hydrogen-bond acceptors (Lipinski definition) is 6. The van der Waals surface area contributed by atoms with Crippen LogP contribution in [-0.4, -0.2) is 37.2 Å². The van der Waals surface area contributed by atoms with Crippen molar-refractivity contribution in [3.63, 3.8) is 0 Å². The molecule has 0 aliphatic rings. The Hall–Kier alpha value is -3.67. The molecule has 0 spiro atoms. The summed E-state index contributed by atoms with van der Waals surface area (Å²) in [6.07, 6.45) is 72.5. The molecule has 0 radical (unpaired) electrons. The Morgan fingerprint density at radius 2 is 0.582 bits per heavy atom. The summed E-state index contributed by atoms with van der Waals surface area (Å²) in [5.41, 5.74) is 0. The summed E-state index contributed by atoms with van der Waals surface area (Å²) >= 11 is 0. The van der Waals surface area contributed by atoms with Crippen LogP contribution in [0, 0.1) is 0 Å². The molecule has 0 fully saturated rings. The topological polar surface area (TPSA) is 78.9 Å². The lowest BCUT2D eigenvalue weighted by Crippen LogP contribution is -2.30. The molecule has 6 heteroatoms. The summed E-state index contributed by atoms with van der Waals surface area (Å²) in [5, 5.41) is 0. The van der Waals surface area contributed by atoms with Crippen LogP contribution in [0.3, 0.4) is 0 Å². The van der Waals surface area contributed by atoms with E-state index in [9.17, 15) is 14.4 Å². The zero-order valence-corrected chi connectivity index (χ0v) is 43.6. The van der Waals surface area contributed by atoms with E-state index in [4.69, 9.17) is 14.2 Å². The van der Waals surface area contributed by atoms with Gasteiger partial charge in [0.2, 0.25) is 0 Å². The zero-order chi connectivity index (χ0) is 48.6. The summed E-state index contributed by atoms with van der Waals surface area (Å²) in [4.78, 5) is 38.1. The third-order valence-electron chi connectivity index (χ3n) is 11.6. The van der Waals surface area contributed by atoms with Crippen molar-refractivity contribution in [2.45, 2.75) is 258 Å². The summed E-state index contributed by atoms with van der Waals surface area (Å²) in [7, 11) is 0. The number of carbonyl (C=O) groups excluding carboxylic acids is 3. The van der Waals surface area contributed by atoms with Gasteiger partial charge < -0.3 is 14.2 Å². The first-order valence-corrected chi connectivity index (χ1v) is 27.7. The van der Waals surface area contributed by atoms with Crippen molar-refractivity contribution in [2.24, 2.45) is 0 Å². The van der Waals surface area contributed by atoms with Crippen LogP contribution in [0.15, 0.2) is 97.2 Å². The predicted molar refractivity (Wildman–Crippen MR) is 288 cm³/mol. The first-order chi connectivity index (χ1) is 33.0. The fourth-order valence-corrected chi connectivity index (χ4v) is 7.44. The molecule has 0 rings (SSSR count). The van der Waals surface area contributed by atoms with E-state index in [1.165, 1.54) is 70.6 Å². The number of esters is 3. The van der Waals surface area contributed by atoms with Gasteiger partial charge in [-0.3, -0.25) is 14.4 Å². The van der Waals surface area contributed by atoms with Crippen LogP contribution in [0.25, 0.3) is 0 Å². The third-order valence-corrected chi connectivity index (χ3v) is 11.6. The molecule has 6 nitrogen and oxygen atoms in total. The van der Waals surface area contributed by atoms with Gasteiger partial charge in [-0.2, -0.15) is 0 Å². The largest absolute Gasteiger partial charge is 0.462 e. The molecule has 0 amide bonds. The molecular formula is C61H102O6. The van der Waals surface area contributed by atoms with Gasteiger partial charge in [0.05, 0.1) is 0 Å². The molecule has 0 bridgehead atoms. The highest BCUT2D eigenvalue weighted by atomic mass is 16.6. The second-order valence-corrected chi connectivity index (χ2v) is 18.1. The highest BCUT2D eigenvalue weighted by Gasteiger charge is 2.19. The van der Waals surface area contributed by atoms with Gasteiger partial charge in [0, 0.05) is 19.3 Å². The minimum absolute atomic E-state index is 0.0946. The van der Waals surface area contributed by atoms with Gasteiger partial charge in [-0.25, -0.2) is 0 Å². The Morgan fingerprint density at radius 1 is 0.313 bits per heavy atom.